The number of thiazole rings is 1. The number of aryl methyl sites for hydroxylation is 1. The van der Waals surface area contributed by atoms with Gasteiger partial charge < -0.3 is 15.5 Å². The molecule has 2 rings (SSSR count). The molecule has 2 aromatic rings. The number of aliphatic imine (C=N–C) groups is 1. The SMILES string of the molecule is CCc1cnc(CCNC(=NC)NCC(Cc2ccccc2)N(C)C)s1. The Morgan fingerprint density at radius 1 is 1.23 bits per heavy atom. The highest BCUT2D eigenvalue weighted by atomic mass is 32.1. The van der Waals surface area contributed by atoms with E-state index in [9.17, 15) is 0 Å². The van der Waals surface area contributed by atoms with E-state index in [1.807, 2.05) is 13.2 Å². The van der Waals surface area contributed by atoms with Gasteiger partial charge in [-0.05, 0) is 32.5 Å². The van der Waals surface area contributed by atoms with Gasteiger partial charge in [0.05, 0.1) is 5.01 Å². The van der Waals surface area contributed by atoms with E-state index >= 15 is 0 Å². The van der Waals surface area contributed by atoms with Crippen LogP contribution in [0.1, 0.15) is 22.4 Å². The van der Waals surface area contributed by atoms with Gasteiger partial charge in [-0.2, -0.15) is 0 Å². The van der Waals surface area contributed by atoms with Gasteiger partial charge in [-0.25, -0.2) is 4.98 Å². The van der Waals surface area contributed by atoms with Crippen LogP contribution >= 0.6 is 11.3 Å². The second-order valence-electron chi connectivity index (χ2n) is 6.51. The highest BCUT2D eigenvalue weighted by Gasteiger charge is 2.13. The molecule has 0 spiro atoms. The lowest BCUT2D eigenvalue weighted by molar-refractivity contribution is 0.290. The second kappa shape index (κ2) is 10.9. The highest BCUT2D eigenvalue weighted by Crippen LogP contribution is 2.13. The van der Waals surface area contributed by atoms with E-state index in [0.29, 0.717) is 6.04 Å². The van der Waals surface area contributed by atoms with Crippen LogP contribution in [0.25, 0.3) is 0 Å². The van der Waals surface area contributed by atoms with Crippen LogP contribution in [0.2, 0.25) is 0 Å². The van der Waals surface area contributed by atoms with Crippen molar-refractivity contribution in [3.63, 3.8) is 0 Å². The predicted octanol–water partition coefficient (Wildman–Crippen LogP) is 2.59. The molecule has 1 atom stereocenters. The van der Waals surface area contributed by atoms with Crippen molar-refractivity contribution < 1.29 is 0 Å². The average Bonchev–Trinajstić information content (AvgIpc) is 3.12. The Labute approximate surface area is 161 Å². The molecule has 142 valence electrons. The lowest BCUT2D eigenvalue weighted by Gasteiger charge is -2.25. The number of aromatic nitrogens is 1. The van der Waals surface area contributed by atoms with Gasteiger partial charge in [0.2, 0.25) is 0 Å². The summed E-state index contributed by atoms with van der Waals surface area (Å²) in [4.78, 5) is 12.4. The minimum atomic E-state index is 0.405. The monoisotopic (exact) mass is 373 g/mol. The normalized spacial score (nSPS) is 13.0. The Bertz CT molecular complexity index is 666. The molecular weight excluding hydrogens is 342 g/mol. The number of benzene rings is 1. The second-order valence-corrected chi connectivity index (χ2v) is 7.71. The minimum Gasteiger partial charge on any atom is -0.356 e. The van der Waals surface area contributed by atoms with Crippen LogP contribution in [0.15, 0.2) is 41.5 Å². The largest absolute Gasteiger partial charge is 0.356 e. The molecule has 26 heavy (non-hydrogen) atoms. The summed E-state index contributed by atoms with van der Waals surface area (Å²) in [6.45, 7) is 3.85. The molecule has 1 heterocycles. The van der Waals surface area contributed by atoms with E-state index < -0.39 is 0 Å². The van der Waals surface area contributed by atoms with Crippen molar-refractivity contribution in [3.8, 4) is 0 Å². The van der Waals surface area contributed by atoms with E-state index in [4.69, 9.17) is 0 Å². The maximum absolute atomic E-state index is 4.47. The zero-order valence-corrected chi connectivity index (χ0v) is 17.1. The Morgan fingerprint density at radius 3 is 2.62 bits per heavy atom. The Kier molecular flexibility index (Phi) is 8.58. The van der Waals surface area contributed by atoms with Crippen LogP contribution in [0, 0.1) is 0 Å². The van der Waals surface area contributed by atoms with Gasteiger partial charge >= 0.3 is 0 Å². The van der Waals surface area contributed by atoms with E-state index in [2.05, 4.69) is 76.9 Å². The molecule has 0 aliphatic heterocycles. The van der Waals surface area contributed by atoms with E-state index in [0.717, 1.165) is 38.3 Å². The summed E-state index contributed by atoms with van der Waals surface area (Å²) in [5, 5.41) is 8.02. The molecule has 5 nitrogen and oxygen atoms in total. The fourth-order valence-corrected chi connectivity index (χ4v) is 3.54. The molecule has 0 radical (unpaired) electrons. The van der Waals surface area contributed by atoms with E-state index in [-0.39, 0.29) is 0 Å². The van der Waals surface area contributed by atoms with Crippen molar-refractivity contribution in [2.75, 3.05) is 34.2 Å². The number of hydrogen-bond acceptors (Lipinski definition) is 4. The Balaban J connectivity index is 1.78. The quantitative estimate of drug-likeness (QED) is 0.524. The van der Waals surface area contributed by atoms with Crippen molar-refractivity contribution in [2.45, 2.75) is 32.2 Å². The fourth-order valence-electron chi connectivity index (χ4n) is 2.67. The molecule has 1 aromatic heterocycles. The molecule has 0 fully saturated rings. The Morgan fingerprint density at radius 2 is 2.00 bits per heavy atom. The molecule has 0 saturated carbocycles. The number of guanidine groups is 1. The van der Waals surface area contributed by atoms with Crippen LogP contribution in [-0.4, -0.2) is 56.1 Å². The molecule has 0 amide bonds. The number of nitrogens with zero attached hydrogens (tertiary/aromatic N) is 3. The smallest absolute Gasteiger partial charge is 0.191 e. The molecular formula is C20H31N5S. The summed E-state index contributed by atoms with van der Waals surface area (Å²) in [5.41, 5.74) is 1.35. The molecule has 2 N–H and O–H groups in total. The molecule has 1 unspecified atom stereocenters. The first-order chi connectivity index (χ1) is 12.6. The van der Waals surface area contributed by atoms with E-state index in [1.165, 1.54) is 15.4 Å². The first-order valence-electron chi connectivity index (χ1n) is 9.20. The number of hydrogen-bond donors (Lipinski definition) is 2. The predicted molar refractivity (Wildman–Crippen MR) is 112 cm³/mol. The van der Waals surface area contributed by atoms with Crippen LogP contribution < -0.4 is 10.6 Å². The van der Waals surface area contributed by atoms with E-state index in [1.54, 1.807) is 11.3 Å². The molecule has 0 aliphatic carbocycles. The van der Waals surface area contributed by atoms with Crippen LogP contribution in [0.5, 0.6) is 0 Å². The zero-order valence-electron chi connectivity index (χ0n) is 16.3. The zero-order chi connectivity index (χ0) is 18.8. The third kappa shape index (κ3) is 6.77. The molecule has 0 saturated heterocycles. The summed E-state index contributed by atoms with van der Waals surface area (Å²) in [7, 11) is 6.06. The van der Waals surface area contributed by atoms with Gasteiger partial charge in [0.25, 0.3) is 0 Å². The summed E-state index contributed by atoms with van der Waals surface area (Å²) < 4.78 is 0. The van der Waals surface area contributed by atoms with Crippen molar-refractivity contribution >= 4 is 17.3 Å². The summed E-state index contributed by atoms with van der Waals surface area (Å²) in [5.74, 6) is 0.845. The minimum absolute atomic E-state index is 0.405. The number of likely N-dealkylation sites (N-methyl/N-ethyl adjacent to an activating group) is 1. The highest BCUT2D eigenvalue weighted by molar-refractivity contribution is 7.11. The van der Waals surface area contributed by atoms with Crippen LogP contribution in [0.4, 0.5) is 0 Å². The van der Waals surface area contributed by atoms with Crippen molar-refractivity contribution in [1.82, 2.24) is 20.5 Å². The molecule has 0 aliphatic rings. The topological polar surface area (TPSA) is 52.6 Å². The van der Waals surface area contributed by atoms with Crippen LogP contribution in [0.3, 0.4) is 0 Å². The van der Waals surface area contributed by atoms with Crippen molar-refractivity contribution in [1.29, 1.82) is 0 Å². The molecule has 1 aromatic carbocycles. The molecule has 6 heteroatoms. The lowest BCUT2D eigenvalue weighted by atomic mass is 10.1. The van der Waals surface area contributed by atoms with Gasteiger partial charge in [-0.1, -0.05) is 37.3 Å². The third-order valence-corrected chi connectivity index (χ3v) is 5.56. The van der Waals surface area contributed by atoms with Gasteiger partial charge in [0, 0.05) is 43.7 Å². The lowest BCUT2D eigenvalue weighted by Crippen LogP contribution is -2.46. The molecule has 0 bridgehead atoms. The van der Waals surface area contributed by atoms with Crippen molar-refractivity contribution in [2.24, 2.45) is 4.99 Å². The third-order valence-electron chi connectivity index (χ3n) is 4.35. The summed E-state index contributed by atoms with van der Waals surface area (Å²) in [6.07, 6.45) is 4.98. The van der Waals surface area contributed by atoms with Crippen molar-refractivity contribution in [3.05, 3.63) is 52.0 Å². The Hall–Kier alpha value is -1.92. The van der Waals surface area contributed by atoms with Gasteiger partial charge in [0.1, 0.15) is 0 Å². The number of rotatable bonds is 9. The first-order valence-corrected chi connectivity index (χ1v) is 10.0. The number of nitrogens with one attached hydrogen (secondary N) is 2. The first kappa shape index (κ1) is 20.4. The maximum atomic E-state index is 4.47. The fraction of sp³-hybridized carbons (Fsp3) is 0.500. The van der Waals surface area contributed by atoms with Gasteiger partial charge in [-0.15, -0.1) is 11.3 Å². The van der Waals surface area contributed by atoms with Crippen LogP contribution in [-0.2, 0) is 19.3 Å². The average molecular weight is 374 g/mol. The standard InChI is InChI=1S/C20H31N5S/c1-5-18-15-23-19(26-18)11-12-22-20(21-2)24-14-17(25(3)4)13-16-9-7-6-8-10-16/h6-10,15,17H,5,11-14H2,1-4H3,(H2,21,22,24). The summed E-state index contributed by atoms with van der Waals surface area (Å²) in [6, 6.07) is 11.0. The summed E-state index contributed by atoms with van der Waals surface area (Å²) >= 11 is 1.80. The van der Waals surface area contributed by atoms with Gasteiger partial charge in [0.15, 0.2) is 5.96 Å². The maximum Gasteiger partial charge on any atom is 0.191 e. The van der Waals surface area contributed by atoms with Gasteiger partial charge in [-0.3, -0.25) is 4.99 Å².